The number of methoxy groups -OCH3 is 1. The summed E-state index contributed by atoms with van der Waals surface area (Å²) in [6.07, 6.45) is 2.38. The third kappa shape index (κ3) is 3.45. The molecule has 1 aliphatic heterocycles. The summed E-state index contributed by atoms with van der Waals surface area (Å²) in [7, 11) is 1.32. The van der Waals surface area contributed by atoms with Crippen molar-refractivity contribution in [3.05, 3.63) is 17.6 Å². The Morgan fingerprint density at radius 3 is 3.05 bits per heavy atom. The summed E-state index contributed by atoms with van der Waals surface area (Å²) in [4.78, 5) is 19.7. The van der Waals surface area contributed by atoms with E-state index in [1.165, 1.54) is 7.11 Å². The van der Waals surface area contributed by atoms with Crippen molar-refractivity contribution in [3.8, 4) is 0 Å². The van der Waals surface area contributed by atoms with Gasteiger partial charge >= 0.3 is 5.97 Å². The van der Waals surface area contributed by atoms with Gasteiger partial charge < -0.3 is 14.8 Å². The molecule has 0 saturated carbocycles. The van der Waals surface area contributed by atoms with Crippen LogP contribution in [0.25, 0.3) is 0 Å². The summed E-state index contributed by atoms with van der Waals surface area (Å²) in [5.74, 6) is 0.702. The average molecular weight is 279 g/mol. The zero-order chi connectivity index (χ0) is 14.5. The van der Waals surface area contributed by atoms with E-state index in [9.17, 15) is 4.79 Å². The van der Waals surface area contributed by atoms with Crippen LogP contribution in [-0.2, 0) is 9.47 Å². The normalized spacial score (nSPS) is 21.8. The maximum atomic E-state index is 11.5. The van der Waals surface area contributed by atoms with Crippen molar-refractivity contribution < 1.29 is 14.3 Å². The molecule has 0 radical (unpaired) electrons. The highest BCUT2D eigenvalue weighted by molar-refractivity contribution is 5.85. The maximum Gasteiger partial charge on any atom is 0.376 e. The summed E-state index contributed by atoms with van der Waals surface area (Å²) in [6, 6.07) is 1.82. The van der Waals surface area contributed by atoms with Crippen molar-refractivity contribution in [2.24, 2.45) is 5.92 Å². The molecule has 20 heavy (non-hydrogen) atoms. The summed E-state index contributed by atoms with van der Waals surface area (Å²) in [5, 5.41) is 3.27. The Morgan fingerprint density at radius 1 is 1.55 bits per heavy atom. The Balaban J connectivity index is 2.02. The lowest BCUT2D eigenvalue weighted by atomic mass is 10.00. The van der Waals surface area contributed by atoms with Gasteiger partial charge in [-0.2, -0.15) is 0 Å². The van der Waals surface area contributed by atoms with Gasteiger partial charge in [-0.15, -0.1) is 0 Å². The molecule has 0 bridgehead atoms. The van der Waals surface area contributed by atoms with Crippen molar-refractivity contribution in [2.75, 3.05) is 25.6 Å². The number of hydrogen-bond donors (Lipinski definition) is 1. The van der Waals surface area contributed by atoms with Crippen LogP contribution in [0.1, 0.15) is 36.1 Å². The number of hydrogen-bond acceptors (Lipinski definition) is 6. The summed E-state index contributed by atoms with van der Waals surface area (Å²) in [5.41, 5.74) is 0.734. The number of esters is 1. The van der Waals surface area contributed by atoms with Crippen LogP contribution in [-0.4, -0.2) is 42.3 Å². The molecular weight excluding hydrogens is 258 g/mol. The van der Waals surface area contributed by atoms with Crippen molar-refractivity contribution in [3.63, 3.8) is 0 Å². The lowest BCUT2D eigenvalue weighted by molar-refractivity contribution is 0.0586. The highest BCUT2D eigenvalue weighted by Gasteiger charge is 2.26. The second-order valence-electron chi connectivity index (χ2n) is 4.96. The van der Waals surface area contributed by atoms with Crippen LogP contribution in [0.4, 0.5) is 5.82 Å². The first-order valence-corrected chi connectivity index (χ1v) is 6.93. The molecule has 2 rings (SSSR count). The van der Waals surface area contributed by atoms with Gasteiger partial charge in [0.15, 0.2) is 0 Å². The van der Waals surface area contributed by atoms with Crippen LogP contribution in [0.15, 0.2) is 6.07 Å². The number of ether oxygens (including phenoxy) is 2. The van der Waals surface area contributed by atoms with E-state index < -0.39 is 5.97 Å². The minimum absolute atomic E-state index is 0.0877. The topological polar surface area (TPSA) is 73.3 Å². The first-order chi connectivity index (χ1) is 9.63. The molecule has 2 unspecified atom stereocenters. The first-order valence-electron chi connectivity index (χ1n) is 6.93. The first kappa shape index (κ1) is 14.7. The number of aryl methyl sites for hydroxylation is 1. The van der Waals surface area contributed by atoms with Gasteiger partial charge in [0.1, 0.15) is 5.82 Å². The monoisotopic (exact) mass is 279 g/mol. The summed E-state index contributed by atoms with van der Waals surface area (Å²) in [6.45, 7) is 5.57. The molecular formula is C14H21N3O3. The third-order valence-corrected chi connectivity index (χ3v) is 3.52. The van der Waals surface area contributed by atoms with Gasteiger partial charge in [-0.25, -0.2) is 14.8 Å². The minimum atomic E-state index is -0.521. The molecule has 6 nitrogen and oxygen atoms in total. The van der Waals surface area contributed by atoms with Crippen LogP contribution in [0.2, 0.25) is 0 Å². The van der Waals surface area contributed by atoms with E-state index >= 15 is 0 Å². The molecule has 6 heteroatoms. The standard InChI is InChI=1S/C14H21N3O3/c1-4-11-10(5-6-20-11)8-15-12-7-9(2)16-13(17-12)14(18)19-3/h7,10-11H,4-6,8H2,1-3H3,(H,15,16,17). The molecule has 110 valence electrons. The predicted molar refractivity (Wildman–Crippen MR) is 74.7 cm³/mol. The number of nitrogens with one attached hydrogen (secondary N) is 1. The Hall–Kier alpha value is -1.69. The SMILES string of the molecule is CCC1OCCC1CNc1cc(C)nc(C(=O)OC)n1. The molecule has 2 heterocycles. The second kappa shape index (κ2) is 6.65. The van der Waals surface area contributed by atoms with Gasteiger partial charge in [-0.05, 0) is 19.8 Å². The second-order valence-corrected chi connectivity index (χ2v) is 4.96. The quantitative estimate of drug-likeness (QED) is 0.828. The molecule has 0 spiro atoms. The molecule has 1 aliphatic rings. The highest BCUT2D eigenvalue weighted by atomic mass is 16.5. The molecule has 1 aromatic heterocycles. The molecule has 1 fully saturated rings. The number of aromatic nitrogens is 2. The number of anilines is 1. The van der Waals surface area contributed by atoms with E-state index in [4.69, 9.17) is 4.74 Å². The zero-order valence-electron chi connectivity index (χ0n) is 12.2. The lowest BCUT2D eigenvalue weighted by Gasteiger charge is -2.17. The van der Waals surface area contributed by atoms with Crippen LogP contribution in [0.5, 0.6) is 0 Å². The summed E-state index contributed by atoms with van der Waals surface area (Å²) < 4.78 is 10.3. The highest BCUT2D eigenvalue weighted by Crippen LogP contribution is 2.23. The van der Waals surface area contributed by atoms with Gasteiger partial charge in [0.05, 0.1) is 13.2 Å². The van der Waals surface area contributed by atoms with Gasteiger partial charge in [0.25, 0.3) is 0 Å². The molecule has 2 atom stereocenters. The largest absolute Gasteiger partial charge is 0.463 e. The minimum Gasteiger partial charge on any atom is -0.463 e. The van der Waals surface area contributed by atoms with E-state index in [0.717, 1.165) is 31.7 Å². The number of carbonyl (C=O) groups excluding carboxylic acids is 1. The van der Waals surface area contributed by atoms with Gasteiger partial charge in [0.2, 0.25) is 5.82 Å². The molecule has 0 aliphatic carbocycles. The fraction of sp³-hybridized carbons (Fsp3) is 0.643. The Labute approximate surface area is 118 Å². The fourth-order valence-corrected chi connectivity index (χ4v) is 2.45. The number of nitrogens with zero attached hydrogens (tertiary/aromatic N) is 2. The third-order valence-electron chi connectivity index (χ3n) is 3.52. The van der Waals surface area contributed by atoms with Gasteiger partial charge in [-0.1, -0.05) is 6.92 Å². The Bertz CT molecular complexity index is 479. The van der Waals surface area contributed by atoms with Crippen LogP contribution in [0, 0.1) is 12.8 Å². The Morgan fingerprint density at radius 2 is 2.35 bits per heavy atom. The van der Waals surface area contributed by atoms with Gasteiger partial charge in [0, 0.05) is 30.8 Å². The number of rotatable bonds is 5. The van der Waals surface area contributed by atoms with Crippen LogP contribution < -0.4 is 5.32 Å². The molecule has 0 aromatic carbocycles. The van der Waals surface area contributed by atoms with Crippen molar-refractivity contribution in [1.29, 1.82) is 0 Å². The molecule has 0 amide bonds. The zero-order valence-corrected chi connectivity index (χ0v) is 12.2. The van der Waals surface area contributed by atoms with Crippen LogP contribution in [0.3, 0.4) is 0 Å². The lowest BCUT2D eigenvalue weighted by Crippen LogP contribution is -2.23. The molecule has 1 N–H and O–H groups in total. The van der Waals surface area contributed by atoms with Crippen LogP contribution >= 0.6 is 0 Å². The van der Waals surface area contributed by atoms with Crippen molar-refractivity contribution in [2.45, 2.75) is 32.8 Å². The predicted octanol–water partition coefficient (Wildman–Crippen LogP) is 1.80. The van der Waals surface area contributed by atoms with Crippen molar-refractivity contribution >= 4 is 11.8 Å². The summed E-state index contributed by atoms with van der Waals surface area (Å²) >= 11 is 0. The van der Waals surface area contributed by atoms with E-state index in [0.29, 0.717) is 17.8 Å². The maximum absolute atomic E-state index is 11.5. The Kier molecular flexibility index (Phi) is 4.89. The average Bonchev–Trinajstić information content (AvgIpc) is 2.91. The smallest absolute Gasteiger partial charge is 0.376 e. The van der Waals surface area contributed by atoms with E-state index in [1.54, 1.807) is 0 Å². The fourth-order valence-electron chi connectivity index (χ4n) is 2.45. The van der Waals surface area contributed by atoms with Gasteiger partial charge in [-0.3, -0.25) is 0 Å². The molecule has 1 saturated heterocycles. The van der Waals surface area contributed by atoms with E-state index in [-0.39, 0.29) is 5.82 Å². The van der Waals surface area contributed by atoms with E-state index in [2.05, 4.69) is 26.9 Å². The van der Waals surface area contributed by atoms with E-state index in [1.807, 2.05) is 13.0 Å². The number of carbonyl (C=O) groups is 1. The van der Waals surface area contributed by atoms with Crippen molar-refractivity contribution in [1.82, 2.24) is 9.97 Å². The molecule has 1 aromatic rings.